The van der Waals surface area contributed by atoms with Crippen molar-refractivity contribution in [3.05, 3.63) is 59.3 Å². The van der Waals surface area contributed by atoms with E-state index in [1.165, 1.54) is 0 Å². The SMILES string of the molecule is Cc1cc2nc3c([C@H](O)[C@H](O)[C@H](O)CO)nn(-c4ccccc4)c3nc2cc1C. The van der Waals surface area contributed by atoms with Crippen molar-refractivity contribution in [1.29, 1.82) is 0 Å². The molecule has 0 bridgehead atoms. The van der Waals surface area contributed by atoms with Gasteiger partial charge in [0.2, 0.25) is 0 Å². The van der Waals surface area contributed by atoms with Gasteiger partial charge in [-0.2, -0.15) is 5.10 Å². The number of hydrogen-bond donors (Lipinski definition) is 4. The van der Waals surface area contributed by atoms with Crippen LogP contribution in [0.3, 0.4) is 0 Å². The van der Waals surface area contributed by atoms with Crippen molar-refractivity contribution in [3.8, 4) is 5.69 Å². The number of nitrogens with zero attached hydrogens (tertiary/aromatic N) is 4. The number of benzene rings is 2. The van der Waals surface area contributed by atoms with E-state index in [9.17, 15) is 15.3 Å². The topological polar surface area (TPSA) is 125 Å². The standard InChI is InChI=1S/C21H22N4O4/c1-11-8-14-15(9-12(11)2)23-21-18(22-14)17(20(29)19(28)16(27)10-26)24-25(21)13-6-4-3-5-7-13/h3-9,16,19-20,26-29H,10H2,1-2H3/t16-,19-,20+/m1/s1. The highest BCUT2D eigenvalue weighted by atomic mass is 16.4. The van der Waals surface area contributed by atoms with Crippen LogP contribution < -0.4 is 0 Å². The number of aliphatic hydroxyl groups is 4. The van der Waals surface area contributed by atoms with E-state index in [2.05, 4.69) is 10.1 Å². The van der Waals surface area contributed by atoms with Crippen LogP contribution in [-0.4, -0.2) is 59.0 Å². The van der Waals surface area contributed by atoms with Crippen molar-refractivity contribution >= 4 is 22.2 Å². The zero-order chi connectivity index (χ0) is 20.7. The number of hydrogen-bond acceptors (Lipinski definition) is 7. The van der Waals surface area contributed by atoms with E-state index in [1.807, 2.05) is 56.3 Å². The second kappa shape index (κ2) is 7.49. The molecule has 8 nitrogen and oxygen atoms in total. The zero-order valence-corrected chi connectivity index (χ0v) is 16.1. The van der Waals surface area contributed by atoms with E-state index in [-0.39, 0.29) is 5.69 Å². The van der Waals surface area contributed by atoms with Gasteiger partial charge in [0.1, 0.15) is 29.5 Å². The van der Waals surface area contributed by atoms with Crippen molar-refractivity contribution in [2.45, 2.75) is 32.2 Å². The third-order valence-electron chi connectivity index (χ3n) is 5.10. The van der Waals surface area contributed by atoms with E-state index >= 15 is 0 Å². The summed E-state index contributed by atoms with van der Waals surface area (Å²) in [5.41, 5.74) is 5.00. The molecule has 0 amide bonds. The number of rotatable bonds is 5. The second-order valence-electron chi connectivity index (χ2n) is 7.14. The summed E-state index contributed by atoms with van der Waals surface area (Å²) < 4.78 is 1.55. The number of aromatic nitrogens is 4. The third-order valence-corrected chi connectivity index (χ3v) is 5.10. The first kappa shape index (κ1) is 19.4. The lowest BCUT2D eigenvalue weighted by Crippen LogP contribution is -2.35. The van der Waals surface area contributed by atoms with E-state index in [0.717, 1.165) is 11.1 Å². The van der Waals surface area contributed by atoms with Crippen LogP contribution in [0.1, 0.15) is 22.9 Å². The molecule has 2 aromatic carbocycles. The average molecular weight is 394 g/mol. The van der Waals surface area contributed by atoms with Crippen LogP contribution in [0.4, 0.5) is 0 Å². The minimum atomic E-state index is -1.63. The Morgan fingerprint density at radius 2 is 1.55 bits per heavy atom. The molecule has 0 radical (unpaired) electrons. The Balaban J connectivity index is 2.00. The molecule has 0 aliphatic rings. The van der Waals surface area contributed by atoms with Crippen molar-refractivity contribution < 1.29 is 20.4 Å². The minimum absolute atomic E-state index is 0.0801. The number of aryl methyl sites for hydroxylation is 2. The molecule has 4 rings (SSSR count). The van der Waals surface area contributed by atoms with Gasteiger partial charge in [0.25, 0.3) is 0 Å². The van der Waals surface area contributed by atoms with E-state index in [0.29, 0.717) is 27.9 Å². The summed E-state index contributed by atoms with van der Waals surface area (Å²) in [5.74, 6) is 0. The molecule has 4 N–H and O–H groups in total. The summed E-state index contributed by atoms with van der Waals surface area (Å²) in [4.78, 5) is 9.37. The maximum atomic E-state index is 10.7. The summed E-state index contributed by atoms with van der Waals surface area (Å²) in [6.45, 7) is 3.28. The van der Waals surface area contributed by atoms with Crippen LogP contribution in [0, 0.1) is 13.8 Å². The second-order valence-corrected chi connectivity index (χ2v) is 7.14. The predicted molar refractivity (Wildman–Crippen MR) is 108 cm³/mol. The van der Waals surface area contributed by atoms with Gasteiger partial charge in [-0.3, -0.25) is 0 Å². The largest absolute Gasteiger partial charge is 0.394 e. The third kappa shape index (κ3) is 3.36. The van der Waals surface area contributed by atoms with Gasteiger partial charge in [0.15, 0.2) is 5.65 Å². The van der Waals surface area contributed by atoms with Gasteiger partial charge in [-0.25, -0.2) is 14.6 Å². The monoisotopic (exact) mass is 394 g/mol. The fourth-order valence-corrected chi connectivity index (χ4v) is 3.25. The molecule has 150 valence electrons. The van der Waals surface area contributed by atoms with Crippen LogP contribution in [-0.2, 0) is 0 Å². The van der Waals surface area contributed by atoms with Crippen molar-refractivity contribution in [3.63, 3.8) is 0 Å². The minimum Gasteiger partial charge on any atom is -0.394 e. The molecule has 0 aliphatic heterocycles. The van der Waals surface area contributed by atoms with Crippen molar-refractivity contribution in [2.24, 2.45) is 0 Å². The van der Waals surface area contributed by atoms with Gasteiger partial charge in [-0.1, -0.05) is 18.2 Å². The molecule has 0 aliphatic carbocycles. The van der Waals surface area contributed by atoms with Gasteiger partial charge in [0, 0.05) is 0 Å². The molecule has 0 spiro atoms. The first-order valence-corrected chi connectivity index (χ1v) is 9.29. The van der Waals surface area contributed by atoms with Crippen LogP contribution in [0.25, 0.3) is 27.9 Å². The Hall–Kier alpha value is -2.91. The molecule has 4 aromatic rings. The molecule has 8 heteroatoms. The first-order chi connectivity index (χ1) is 13.9. The first-order valence-electron chi connectivity index (χ1n) is 9.29. The van der Waals surface area contributed by atoms with Crippen molar-refractivity contribution in [1.82, 2.24) is 19.7 Å². The highest BCUT2D eigenvalue weighted by Crippen LogP contribution is 2.29. The highest BCUT2D eigenvalue weighted by molar-refractivity contribution is 5.87. The molecule has 0 fully saturated rings. The lowest BCUT2D eigenvalue weighted by atomic mass is 10.0. The molecule has 2 heterocycles. The van der Waals surface area contributed by atoms with Crippen LogP contribution >= 0.6 is 0 Å². The summed E-state index contributed by atoms with van der Waals surface area (Å²) in [6.07, 6.45) is -4.69. The lowest BCUT2D eigenvalue weighted by Gasteiger charge is -2.20. The summed E-state index contributed by atoms with van der Waals surface area (Å²) in [7, 11) is 0. The average Bonchev–Trinajstić information content (AvgIpc) is 3.10. The molecule has 3 atom stereocenters. The Morgan fingerprint density at radius 1 is 0.931 bits per heavy atom. The Bertz CT molecular complexity index is 1180. The lowest BCUT2D eigenvalue weighted by molar-refractivity contribution is -0.0786. The maximum Gasteiger partial charge on any atom is 0.182 e. The zero-order valence-electron chi connectivity index (χ0n) is 16.1. The molecule has 29 heavy (non-hydrogen) atoms. The number of aliphatic hydroxyl groups excluding tert-OH is 4. The summed E-state index contributed by atoms with van der Waals surface area (Å²) >= 11 is 0. The van der Waals surface area contributed by atoms with Crippen LogP contribution in [0.2, 0.25) is 0 Å². The van der Waals surface area contributed by atoms with Gasteiger partial charge in [0.05, 0.1) is 23.3 Å². The smallest absolute Gasteiger partial charge is 0.182 e. The molecule has 0 unspecified atom stereocenters. The van der Waals surface area contributed by atoms with E-state index < -0.39 is 24.9 Å². The molecule has 2 aromatic heterocycles. The quantitative estimate of drug-likeness (QED) is 0.402. The fraction of sp³-hybridized carbons (Fsp3) is 0.286. The van der Waals surface area contributed by atoms with Gasteiger partial charge >= 0.3 is 0 Å². The van der Waals surface area contributed by atoms with Crippen LogP contribution in [0.15, 0.2) is 42.5 Å². The van der Waals surface area contributed by atoms with Gasteiger partial charge in [-0.15, -0.1) is 0 Å². The Morgan fingerprint density at radius 3 is 2.17 bits per heavy atom. The Kier molecular flexibility index (Phi) is 5.01. The molecule has 0 saturated carbocycles. The maximum absolute atomic E-state index is 10.7. The molecular formula is C21H22N4O4. The Labute approximate surface area is 166 Å². The summed E-state index contributed by atoms with van der Waals surface area (Å²) in [6, 6.07) is 13.1. The van der Waals surface area contributed by atoms with Gasteiger partial charge < -0.3 is 20.4 Å². The number of para-hydroxylation sites is 1. The summed E-state index contributed by atoms with van der Waals surface area (Å²) in [5, 5.41) is 44.2. The fourth-order valence-electron chi connectivity index (χ4n) is 3.25. The van der Waals surface area contributed by atoms with Crippen molar-refractivity contribution in [2.75, 3.05) is 6.61 Å². The molecular weight excluding hydrogens is 372 g/mol. The van der Waals surface area contributed by atoms with Crippen LogP contribution in [0.5, 0.6) is 0 Å². The highest BCUT2D eigenvalue weighted by Gasteiger charge is 2.31. The predicted octanol–water partition coefficient (Wildman–Crippen LogP) is 1.33. The normalized spacial score (nSPS) is 15.0. The van der Waals surface area contributed by atoms with E-state index in [1.54, 1.807) is 4.68 Å². The van der Waals surface area contributed by atoms with Gasteiger partial charge in [-0.05, 0) is 49.2 Å². The van der Waals surface area contributed by atoms with E-state index in [4.69, 9.17) is 10.1 Å². The number of fused-ring (bicyclic) bond motifs is 2. The molecule has 0 saturated heterocycles.